The fourth-order valence-electron chi connectivity index (χ4n) is 2.33. The van der Waals surface area contributed by atoms with Crippen LogP contribution in [0.2, 0.25) is 0 Å². The number of morpholine rings is 1. The molecule has 0 amide bonds. The van der Waals surface area contributed by atoms with E-state index in [0.717, 1.165) is 39.4 Å². The molecule has 0 atom stereocenters. The van der Waals surface area contributed by atoms with Gasteiger partial charge in [-0.15, -0.1) is 0 Å². The van der Waals surface area contributed by atoms with Crippen molar-refractivity contribution in [2.24, 2.45) is 5.10 Å². The van der Waals surface area contributed by atoms with Crippen LogP contribution in [0.25, 0.3) is 0 Å². The van der Waals surface area contributed by atoms with Crippen molar-refractivity contribution >= 4 is 23.0 Å². The number of hydrazone groups is 1. The first kappa shape index (κ1) is 18.4. The summed E-state index contributed by atoms with van der Waals surface area (Å²) in [6.07, 6.45) is 0. The van der Waals surface area contributed by atoms with E-state index in [9.17, 15) is 5.11 Å². The maximum absolute atomic E-state index is 9.99. The van der Waals surface area contributed by atoms with Gasteiger partial charge in [-0.05, 0) is 31.3 Å². The molecule has 0 aromatic heterocycles. The molecule has 24 heavy (non-hydrogen) atoms. The summed E-state index contributed by atoms with van der Waals surface area (Å²) in [5, 5.41) is 17.8. The second kappa shape index (κ2) is 9.41. The zero-order chi connectivity index (χ0) is 17.4. The van der Waals surface area contributed by atoms with E-state index in [0.29, 0.717) is 22.1 Å². The van der Waals surface area contributed by atoms with Crippen molar-refractivity contribution in [1.82, 2.24) is 15.6 Å². The molecule has 1 heterocycles. The number of methoxy groups -OCH3 is 1. The lowest BCUT2D eigenvalue weighted by atomic mass is 10.1. The van der Waals surface area contributed by atoms with Crippen molar-refractivity contribution in [3.05, 3.63) is 23.8 Å². The molecular formula is C16H24N4O3S. The maximum Gasteiger partial charge on any atom is 0.187 e. The summed E-state index contributed by atoms with van der Waals surface area (Å²) in [6, 6.07) is 5.07. The van der Waals surface area contributed by atoms with Crippen molar-refractivity contribution in [2.75, 3.05) is 46.5 Å². The van der Waals surface area contributed by atoms with Crippen LogP contribution in [0.3, 0.4) is 0 Å². The molecule has 1 fully saturated rings. The summed E-state index contributed by atoms with van der Waals surface area (Å²) in [5.74, 6) is 0.709. The van der Waals surface area contributed by atoms with E-state index < -0.39 is 0 Å². The Morgan fingerprint density at radius 1 is 1.42 bits per heavy atom. The van der Waals surface area contributed by atoms with Crippen molar-refractivity contribution in [3.63, 3.8) is 0 Å². The van der Waals surface area contributed by atoms with Crippen LogP contribution in [0.5, 0.6) is 11.5 Å². The van der Waals surface area contributed by atoms with Crippen molar-refractivity contribution < 1.29 is 14.6 Å². The summed E-state index contributed by atoms with van der Waals surface area (Å²) in [7, 11) is 1.55. The topological polar surface area (TPSA) is 78.4 Å². The van der Waals surface area contributed by atoms with Crippen LogP contribution in [0, 0.1) is 0 Å². The van der Waals surface area contributed by atoms with Gasteiger partial charge in [0, 0.05) is 37.8 Å². The number of nitrogens with zero attached hydrogens (tertiary/aromatic N) is 2. The lowest BCUT2D eigenvalue weighted by molar-refractivity contribution is 0.0389. The molecule has 132 valence electrons. The number of rotatable bonds is 6. The molecule has 1 saturated heterocycles. The fourth-order valence-corrected chi connectivity index (χ4v) is 2.48. The van der Waals surface area contributed by atoms with Gasteiger partial charge in [-0.3, -0.25) is 10.3 Å². The predicted octanol–water partition coefficient (Wildman–Crippen LogP) is 0.921. The number of ether oxygens (including phenoxy) is 2. The first-order valence-corrected chi connectivity index (χ1v) is 8.26. The molecule has 2 rings (SSSR count). The summed E-state index contributed by atoms with van der Waals surface area (Å²) < 4.78 is 10.4. The Labute approximate surface area is 147 Å². The quantitative estimate of drug-likeness (QED) is 0.399. The monoisotopic (exact) mass is 352 g/mol. The normalized spacial score (nSPS) is 15.8. The third-order valence-electron chi connectivity index (χ3n) is 3.74. The molecule has 1 aromatic carbocycles. The minimum Gasteiger partial charge on any atom is -0.507 e. The summed E-state index contributed by atoms with van der Waals surface area (Å²) in [6.45, 7) is 6.94. The minimum absolute atomic E-state index is 0.114. The number of hydrogen-bond donors (Lipinski definition) is 3. The molecule has 8 heteroatoms. The van der Waals surface area contributed by atoms with Crippen molar-refractivity contribution in [1.29, 1.82) is 0 Å². The van der Waals surface area contributed by atoms with Crippen LogP contribution in [0.4, 0.5) is 0 Å². The van der Waals surface area contributed by atoms with Gasteiger partial charge in [-0.2, -0.15) is 5.10 Å². The second-order valence-electron chi connectivity index (χ2n) is 5.40. The van der Waals surface area contributed by atoms with Crippen LogP contribution >= 0.6 is 12.2 Å². The van der Waals surface area contributed by atoms with E-state index in [4.69, 9.17) is 21.7 Å². The molecule has 0 unspecified atom stereocenters. The highest BCUT2D eigenvalue weighted by Gasteiger charge is 2.09. The van der Waals surface area contributed by atoms with E-state index in [1.807, 2.05) is 0 Å². The highest BCUT2D eigenvalue weighted by Crippen LogP contribution is 2.23. The van der Waals surface area contributed by atoms with Gasteiger partial charge in [0.15, 0.2) is 5.11 Å². The number of hydrogen-bond acceptors (Lipinski definition) is 6. The van der Waals surface area contributed by atoms with Gasteiger partial charge >= 0.3 is 0 Å². The Morgan fingerprint density at radius 2 is 2.17 bits per heavy atom. The van der Waals surface area contributed by atoms with Gasteiger partial charge in [-0.1, -0.05) is 0 Å². The van der Waals surface area contributed by atoms with Crippen LogP contribution in [-0.2, 0) is 4.74 Å². The van der Waals surface area contributed by atoms with Crippen molar-refractivity contribution in [2.45, 2.75) is 6.92 Å². The zero-order valence-corrected chi connectivity index (χ0v) is 14.9. The molecule has 1 aliphatic rings. The number of thiocarbonyl (C=S) groups is 1. The number of nitrogens with one attached hydrogen (secondary N) is 2. The maximum atomic E-state index is 9.99. The van der Waals surface area contributed by atoms with Crippen molar-refractivity contribution in [3.8, 4) is 11.5 Å². The SMILES string of the molecule is COc1ccc(/C(C)=N/NC(=S)NCCN2CCOCC2)c(O)c1. The van der Waals surface area contributed by atoms with E-state index in [2.05, 4.69) is 20.7 Å². The third-order valence-corrected chi connectivity index (χ3v) is 3.97. The lowest BCUT2D eigenvalue weighted by Crippen LogP contribution is -2.42. The predicted molar refractivity (Wildman–Crippen MR) is 97.9 cm³/mol. The van der Waals surface area contributed by atoms with Crippen LogP contribution in [-0.4, -0.2) is 67.3 Å². The first-order valence-electron chi connectivity index (χ1n) is 7.85. The van der Waals surface area contributed by atoms with Gasteiger partial charge < -0.3 is 19.9 Å². The molecule has 0 bridgehead atoms. The summed E-state index contributed by atoms with van der Waals surface area (Å²) in [5.41, 5.74) is 4.05. The van der Waals surface area contributed by atoms with Gasteiger partial charge in [0.05, 0.1) is 26.0 Å². The van der Waals surface area contributed by atoms with Gasteiger partial charge in [0.1, 0.15) is 11.5 Å². The average Bonchev–Trinajstić information content (AvgIpc) is 2.60. The summed E-state index contributed by atoms with van der Waals surface area (Å²) in [4.78, 5) is 2.32. The molecule has 0 saturated carbocycles. The summed E-state index contributed by atoms with van der Waals surface area (Å²) >= 11 is 5.21. The Morgan fingerprint density at radius 3 is 2.83 bits per heavy atom. The number of aromatic hydroxyl groups is 1. The highest BCUT2D eigenvalue weighted by atomic mass is 32.1. The van der Waals surface area contributed by atoms with Gasteiger partial charge in [-0.25, -0.2) is 0 Å². The molecule has 7 nitrogen and oxygen atoms in total. The van der Waals surface area contributed by atoms with Crippen LogP contribution in [0.1, 0.15) is 12.5 Å². The molecule has 3 N–H and O–H groups in total. The smallest absolute Gasteiger partial charge is 0.187 e. The number of benzene rings is 1. The molecule has 0 spiro atoms. The largest absolute Gasteiger partial charge is 0.507 e. The third kappa shape index (κ3) is 5.63. The molecule has 1 aliphatic heterocycles. The number of phenolic OH excluding ortho intramolecular Hbond substituents is 1. The Balaban J connectivity index is 1.77. The van der Waals surface area contributed by atoms with Gasteiger partial charge in [0.2, 0.25) is 0 Å². The fraction of sp³-hybridized carbons (Fsp3) is 0.500. The molecule has 0 radical (unpaired) electrons. The Hall–Kier alpha value is -1.90. The highest BCUT2D eigenvalue weighted by molar-refractivity contribution is 7.80. The lowest BCUT2D eigenvalue weighted by Gasteiger charge is -2.26. The number of phenols is 1. The average molecular weight is 352 g/mol. The van der Waals surface area contributed by atoms with E-state index in [-0.39, 0.29) is 5.75 Å². The second-order valence-corrected chi connectivity index (χ2v) is 5.81. The molecular weight excluding hydrogens is 328 g/mol. The van der Waals surface area contributed by atoms with E-state index >= 15 is 0 Å². The molecule has 0 aliphatic carbocycles. The Kier molecular flexibility index (Phi) is 7.23. The molecule has 1 aromatic rings. The van der Waals surface area contributed by atoms with Crippen LogP contribution < -0.4 is 15.5 Å². The standard InChI is InChI=1S/C16H24N4O3S/c1-12(14-4-3-13(22-2)11-15(14)21)18-19-16(24)17-5-6-20-7-9-23-10-8-20/h3-4,11,21H,5-10H2,1-2H3,(H2,17,19,24)/b18-12+. The Bertz CT molecular complexity index is 589. The van der Waals surface area contributed by atoms with Crippen LogP contribution in [0.15, 0.2) is 23.3 Å². The van der Waals surface area contributed by atoms with E-state index in [1.165, 1.54) is 0 Å². The van der Waals surface area contributed by atoms with Gasteiger partial charge in [0.25, 0.3) is 0 Å². The van der Waals surface area contributed by atoms with E-state index in [1.54, 1.807) is 32.2 Å². The first-order chi connectivity index (χ1) is 11.6. The minimum atomic E-state index is 0.114. The zero-order valence-electron chi connectivity index (χ0n) is 14.0.